The molecule has 0 bridgehead atoms. The van der Waals surface area contributed by atoms with Crippen LogP contribution in [-0.2, 0) is 9.84 Å². The van der Waals surface area contributed by atoms with Crippen LogP contribution in [0.3, 0.4) is 0 Å². The fourth-order valence-corrected chi connectivity index (χ4v) is 3.21. The fraction of sp³-hybridized carbons (Fsp3) is 0.182. The van der Waals surface area contributed by atoms with Gasteiger partial charge in [-0.05, 0) is 12.1 Å². The zero-order valence-electron chi connectivity index (χ0n) is 10.1. The molecule has 2 rings (SSSR count). The van der Waals surface area contributed by atoms with Gasteiger partial charge >= 0.3 is 5.97 Å². The van der Waals surface area contributed by atoms with Crippen LogP contribution in [0.2, 0.25) is 10.0 Å². The highest BCUT2D eigenvalue weighted by atomic mass is 35.5. The van der Waals surface area contributed by atoms with Crippen molar-refractivity contribution in [2.45, 2.75) is 11.8 Å². The molecule has 0 saturated heterocycles. The second-order valence-corrected chi connectivity index (χ2v) is 6.90. The summed E-state index contributed by atoms with van der Waals surface area (Å²) < 4.78 is 24.3. The standard InChI is InChI=1S/C11H8Cl2N2O4S/c1-2-20(18,19)10-5-3-6(12)7(13)4-8(5)14-15-9(10)11(16)17/h3-4H,2H2,1H3,(H,16,17). The van der Waals surface area contributed by atoms with Gasteiger partial charge in [-0.25, -0.2) is 13.2 Å². The summed E-state index contributed by atoms with van der Waals surface area (Å²) in [6.07, 6.45) is 0. The summed E-state index contributed by atoms with van der Waals surface area (Å²) in [5.41, 5.74) is -0.464. The highest BCUT2D eigenvalue weighted by Gasteiger charge is 2.26. The number of hydrogen-bond donors (Lipinski definition) is 1. The largest absolute Gasteiger partial charge is 0.476 e. The maximum Gasteiger partial charge on any atom is 0.357 e. The van der Waals surface area contributed by atoms with Crippen LogP contribution >= 0.6 is 23.2 Å². The molecule has 0 aliphatic carbocycles. The van der Waals surface area contributed by atoms with Gasteiger partial charge < -0.3 is 5.11 Å². The first-order valence-electron chi connectivity index (χ1n) is 5.39. The summed E-state index contributed by atoms with van der Waals surface area (Å²) >= 11 is 11.7. The molecule has 0 saturated carbocycles. The van der Waals surface area contributed by atoms with Crippen molar-refractivity contribution in [3.05, 3.63) is 27.9 Å². The molecule has 9 heteroatoms. The number of hydrogen-bond acceptors (Lipinski definition) is 5. The first kappa shape index (κ1) is 15.0. The summed E-state index contributed by atoms with van der Waals surface area (Å²) in [6, 6.07) is 2.62. The van der Waals surface area contributed by atoms with Crippen LogP contribution < -0.4 is 0 Å². The first-order valence-corrected chi connectivity index (χ1v) is 7.80. The Morgan fingerprint density at radius 1 is 1.25 bits per heavy atom. The Kier molecular flexibility index (Phi) is 3.86. The molecule has 20 heavy (non-hydrogen) atoms. The molecule has 1 heterocycles. The zero-order valence-corrected chi connectivity index (χ0v) is 12.4. The Balaban J connectivity index is 3.02. The quantitative estimate of drug-likeness (QED) is 0.925. The minimum atomic E-state index is -3.82. The molecular formula is C11H8Cl2N2O4S. The molecular weight excluding hydrogens is 327 g/mol. The lowest BCUT2D eigenvalue weighted by molar-refractivity contribution is 0.0685. The molecule has 0 amide bonds. The molecule has 0 atom stereocenters. The van der Waals surface area contributed by atoms with Crippen molar-refractivity contribution < 1.29 is 18.3 Å². The third kappa shape index (κ3) is 2.44. The van der Waals surface area contributed by atoms with E-state index in [1.54, 1.807) is 0 Å². The number of halogens is 2. The number of aromatic nitrogens is 2. The predicted molar refractivity (Wildman–Crippen MR) is 74.2 cm³/mol. The van der Waals surface area contributed by atoms with E-state index in [1.807, 2.05) is 0 Å². The maximum atomic E-state index is 12.1. The van der Waals surface area contributed by atoms with E-state index in [0.717, 1.165) is 0 Å². The summed E-state index contributed by atoms with van der Waals surface area (Å²) in [4.78, 5) is 10.8. The van der Waals surface area contributed by atoms with E-state index in [9.17, 15) is 13.2 Å². The van der Waals surface area contributed by atoms with Gasteiger partial charge in [0.25, 0.3) is 0 Å². The molecule has 1 aromatic heterocycles. The molecule has 0 unspecified atom stereocenters. The fourth-order valence-electron chi connectivity index (χ4n) is 1.68. The van der Waals surface area contributed by atoms with Crippen molar-refractivity contribution in [1.29, 1.82) is 0 Å². The molecule has 0 radical (unpaired) electrons. The lowest BCUT2D eigenvalue weighted by Crippen LogP contribution is -2.14. The minimum Gasteiger partial charge on any atom is -0.476 e. The first-order chi connectivity index (χ1) is 9.27. The monoisotopic (exact) mass is 334 g/mol. The molecule has 0 spiro atoms. The van der Waals surface area contributed by atoms with Gasteiger partial charge in [0, 0.05) is 5.39 Å². The van der Waals surface area contributed by atoms with E-state index < -0.39 is 26.4 Å². The molecule has 0 aliphatic heterocycles. The average Bonchev–Trinajstić information content (AvgIpc) is 2.38. The van der Waals surface area contributed by atoms with Crippen LogP contribution in [0, 0.1) is 0 Å². The summed E-state index contributed by atoms with van der Waals surface area (Å²) in [7, 11) is -3.82. The van der Waals surface area contributed by atoms with Crippen molar-refractivity contribution >= 4 is 49.9 Å². The number of aromatic carboxylic acids is 1. The number of nitrogens with zero attached hydrogens (tertiary/aromatic N) is 2. The molecule has 2 aromatic rings. The van der Waals surface area contributed by atoms with E-state index in [1.165, 1.54) is 19.1 Å². The van der Waals surface area contributed by atoms with Gasteiger partial charge in [0.1, 0.15) is 4.90 Å². The van der Waals surface area contributed by atoms with E-state index in [-0.39, 0.29) is 26.7 Å². The smallest absolute Gasteiger partial charge is 0.357 e. The van der Waals surface area contributed by atoms with Gasteiger partial charge in [-0.2, -0.15) is 0 Å². The van der Waals surface area contributed by atoms with Crippen LogP contribution in [0.1, 0.15) is 17.4 Å². The third-order valence-electron chi connectivity index (χ3n) is 2.65. The molecule has 6 nitrogen and oxygen atoms in total. The number of carbonyl (C=O) groups is 1. The summed E-state index contributed by atoms with van der Waals surface area (Å²) in [5.74, 6) is -1.74. The summed E-state index contributed by atoms with van der Waals surface area (Å²) in [6.45, 7) is 1.41. The topological polar surface area (TPSA) is 97.2 Å². The number of carboxylic acids is 1. The SMILES string of the molecule is CCS(=O)(=O)c1c(C(=O)O)nnc2cc(Cl)c(Cl)cc12. The Bertz CT molecular complexity index is 821. The number of carboxylic acid groups (broad SMARTS) is 1. The Morgan fingerprint density at radius 3 is 2.40 bits per heavy atom. The van der Waals surface area contributed by atoms with E-state index in [0.29, 0.717) is 0 Å². The Hall–Kier alpha value is -1.44. The van der Waals surface area contributed by atoms with Crippen LogP contribution in [0.25, 0.3) is 10.9 Å². The molecule has 0 fully saturated rings. The van der Waals surface area contributed by atoms with Crippen molar-refractivity contribution in [3.8, 4) is 0 Å². The lowest BCUT2D eigenvalue weighted by atomic mass is 10.2. The van der Waals surface area contributed by atoms with Gasteiger partial charge in [0.15, 0.2) is 15.5 Å². The lowest BCUT2D eigenvalue weighted by Gasteiger charge is -2.09. The van der Waals surface area contributed by atoms with Gasteiger partial charge in [-0.3, -0.25) is 0 Å². The van der Waals surface area contributed by atoms with Gasteiger partial charge in [0.05, 0.1) is 21.3 Å². The second kappa shape index (κ2) is 5.16. The van der Waals surface area contributed by atoms with E-state index in [2.05, 4.69) is 10.2 Å². The van der Waals surface area contributed by atoms with Gasteiger partial charge in [-0.15, -0.1) is 10.2 Å². The number of rotatable bonds is 3. The van der Waals surface area contributed by atoms with Crippen LogP contribution in [0.5, 0.6) is 0 Å². The second-order valence-electron chi connectivity index (χ2n) is 3.87. The number of sulfone groups is 1. The van der Waals surface area contributed by atoms with Crippen molar-refractivity contribution in [2.75, 3.05) is 5.75 Å². The number of benzene rings is 1. The zero-order chi connectivity index (χ0) is 15.1. The van der Waals surface area contributed by atoms with Crippen molar-refractivity contribution in [3.63, 3.8) is 0 Å². The maximum absolute atomic E-state index is 12.1. The molecule has 1 N–H and O–H groups in total. The van der Waals surface area contributed by atoms with Crippen molar-refractivity contribution in [1.82, 2.24) is 10.2 Å². The highest BCUT2D eigenvalue weighted by Crippen LogP contribution is 2.31. The van der Waals surface area contributed by atoms with Crippen LogP contribution in [-0.4, -0.2) is 35.4 Å². The number of fused-ring (bicyclic) bond motifs is 1. The average molecular weight is 335 g/mol. The molecule has 0 aliphatic rings. The van der Waals surface area contributed by atoms with Crippen LogP contribution in [0.15, 0.2) is 17.0 Å². The van der Waals surface area contributed by atoms with Gasteiger partial charge in [0.2, 0.25) is 0 Å². The van der Waals surface area contributed by atoms with Crippen molar-refractivity contribution in [2.24, 2.45) is 0 Å². The normalized spacial score (nSPS) is 11.8. The summed E-state index contributed by atoms with van der Waals surface area (Å²) in [5, 5.41) is 16.6. The highest BCUT2D eigenvalue weighted by molar-refractivity contribution is 7.91. The third-order valence-corrected chi connectivity index (χ3v) is 5.17. The Morgan fingerprint density at radius 2 is 1.85 bits per heavy atom. The predicted octanol–water partition coefficient (Wildman–Crippen LogP) is 2.43. The molecule has 106 valence electrons. The molecule has 1 aromatic carbocycles. The van der Waals surface area contributed by atoms with E-state index in [4.69, 9.17) is 28.3 Å². The van der Waals surface area contributed by atoms with Crippen LogP contribution in [0.4, 0.5) is 0 Å². The minimum absolute atomic E-state index is 0.0913. The Labute approximate surface area is 124 Å². The van der Waals surface area contributed by atoms with E-state index >= 15 is 0 Å². The van der Waals surface area contributed by atoms with Gasteiger partial charge in [-0.1, -0.05) is 30.1 Å².